The molecule has 0 bridgehead atoms. The first-order chi connectivity index (χ1) is 13.1. The molecule has 4 fully saturated rings. The molecule has 5 rings (SSSR count). The number of aliphatic hydroxyl groups is 2. The van der Waals surface area contributed by atoms with Gasteiger partial charge in [0.2, 0.25) is 5.91 Å². The molecule has 1 spiro atoms. The second kappa shape index (κ2) is 5.75. The van der Waals surface area contributed by atoms with Gasteiger partial charge in [-0.05, 0) is 49.0 Å². The Morgan fingerprint density at radius 1 is 1.11 bits per heavy atom. The van der Waals surface area contributed by atoms with Crippen molar-refractivity contribution in [1.29, 1.82) is 0 Å². The first-order valence-electron chi connectivity index (χ1n) is 11.1. The summed E-state index contributed by atoms with van der Waals surface area (Å²) in [5.41, 5.74) is 0.560. The number of rotatable bonds is 0. The normalized spacial score (nSPS) is 52.0. The van der Waals surface area contributed by atoms with E-state index in [2.05, 4.69) is 33.0 Å². The summed E-state index contributed by atoms with van der Waals surface area (Å²) < 4.78 is 7.07. The van der Waals surface area contributed by atoms with E-state index in [1.165, 1.54) is 6.42 Å². The Bertz CT molecular complexity index is 745. The number of carbonyl (C=O) groups is 1. The molecule has 2 aliphatic heterocycles. The molecule has 3 N–H and O–H groups in total. The van der Waals surface area contributed by atoms with Crippen molar-refractivity contribution in [3.8, 4) is 0 Å². The van der Waals surface area contributed by atoms with E-state index in [1.807, 2.05) is 0 Å². The Morgan fingerprint density at radius 3 is 2.61 bits per heavy atom. The van der Waals surface area contributed by atoms with Crippen LogP contribution in [0.5, 0.6) is 0 Å². The van der Waals surface area contributed by atoms with E-state index >= 15 is 0 Å². The van der Waals surface area contributed by atoms with Crippen molar-refractivity contribution in [2.75, 3.05) is 6.54 Å². The third-order valence-corrected chi connectivity index (χ3v) is 9.47. The third kappa shape index (κ3) is 2.23. The van der Waals surface area contributed by atoms with E-state index in [-0.39, 0.29) is 34.7 Å². The van der Waals surface area contributed by atoms with Gasteiger partial charge in [-0.2, -0.15) is 0 Å². The van der Waals surface area contributed by atoms with E-state index in [4.69, 9.17) is 4.74 Å². The Balaban J connectivity index is 1.67. The second-order valence-corrected chi connectivity index (χ2v) is 11.3. The van der Waals surface area contributed by atoms with Gasteiger partial charge in [-0.25, -0.2) is 0 Å². The number of amides is 1. The van der Waals surface area contributed by atoms with E-state index in [0.717, 1.165) is 30.6 Å². The Labute approximate surface area is 167 Å². The van der Waals surface area contributed by atoms with Gasteiger partial charge in [0.1, 0.15) is 11.4 Å². The smallest absolute Gasteiger partial charge is 0.227 e. The van der Waals surface area contributed by atoms with Crippen LogP contribution in [0.2, 0.25) is 0 Å². The van der Waals surface area contributed by atoms with Gasteiger partial charge in [0, 0.05) is 30.2 Å². The number of aliphatic hydroxyl groups excluding tert-OH is 2. The minimum absolute atomic E-state index is 0.00750. The maximum absolute atomic E-state index is 12.3. The minimum atomic E-state index is -0.532. The standard InChI is InChI=1S/C23H35NO4/c1-12-5-6-18-21(2,3)8-13(25)9-23(18)22(12,4)10-15-17(26)7-14-16(19(15)28-23)11-24-20(14)27/h12-15,17-18,25-26H,5-11H2,1-4H3,(H,24,27). The summed E-state index contributed by atoms with van der Waals surface area (Å²) in [5, 5.41) is 24.8. The van der Waals surface area contributed by atoms with Crippen LogP contribution in [0.15, 0.2) is 11.3 Å². The molecule has 28 heavy (non-hydrogen) atoms. The summed E-state index contributed by atoms with van der Waals surface area (Å²) in [6.45, 7) is 9.78. The Kier molecular flexibility index (Phi) is 3.89. The topological polar surface area (TPSA) is 78.8 Å². The number of hydrogen-bond acceptors (Lipinski definition) is 4. The van der Waals surface area contributed by atoms with Crippen molar-refractivity contribution in [2.45, 2.75) is 84.0 Å². The van der Waals surface area contributed by atoms with Crippen LogP contribution in [0.25, 0.3) is 0 Å². The lowest BCUT2D eigenvalue weighted by molar-refractivity contribution is -0.278. The van der Waals surface area contributed by atoms with Crippen LogP contribution in [0, 0.1) is 34.5 Å². The summed E-state index contributed by atoms with van der Waals surface area (Å²) >= 11 is 0. The lowest BCUT2D eigenvalue weighted by Gasteiger charge is -2.68. The number of ether oxygens (including phenoxy) is 1. The third-order valence-electron chi connectivity index (χ3n) is 9.47. The predicted octanol–water partition coefficient (Wildman–Crippen LogP) is 2.76. The number of carbonyl (C=O) groups excluding carboxylic acids is 1. The zero-order valence-electron chi connectivity index (χ0n) is 17.6. The highest BCUT2D eigenvalue weighted by Gasteiger charge is 2.69. The number of nitrogens with one attached hydrogen (secondary N) is 1. The number of hydrogen-bond donors (Lipinski definition) is 3. The van der Waals surface area contributed by atoms with Gasteiger partial charge in [-0.15, -0.1) is 0 Å². The van der Waals surface area contributed by atoms with Gasteiger partial charge in [0.05, 0.1) is 18.1 Å². The molecule has 2 saturated heterocycles. The highest BCUT2D eigenvalue weighted by molar-refractivity contribution is 5.85. The van der Waals surface area contributed by atoms with Gasteiger partial charge in [0.15, 0.2) is 0 Å². The van der Waals surface area contributed by atoms with E-state index in [1.54, 1.807) is 0 Å². The molecule has 0 aromatic rings. The molecule has 0 aromatic carbocycles. The molecule has 8 unspecified atom stereocenters. The lowest BCUT2D eigenvalue weighted by atomic mass is 9.43. The lowest BCUT2D eigenvalue weighted by Crippen LogP contribution is -2.69. The quantitative estimate of drug-likeness (QED) is 0.595. The van der Waals surface area contributed by atoms with Crippen molar-refractivity contribution < 1.29 is 19.7 Å². The summed E-state index contributed by atoms with van der Waals surface area (Å²) in [6, 6.07) is 0. The van der Waals surface area contributed by atoms with Crippen molar-refractivity contribution in [3.63, 3.8) is 0 Å². The average molecular weight is 390 g/mol. The summed E-state index contributed by atoms with van der Waals surface area (Å²) in [7, 11) is 0. The second-order valence-electron chi connectivity index (χ2n) is 11.3. The SMILES string of the molecule is CC1CCC2C(C)(C)CC(O)CC23OC2=C4CNC(=O)C4CC(O)C2CC13C. The van der Waals surface area contributed by atoms with Crippen LogP contribution < -0.4 is 5.32 Å². The molecule has 8 atom stereocenters. The van der Waals surface area contributed by atoms with Crippen LogP contribution >= 0.6 is 0 Å². The van der Waals surface area contributed by atoms with Gasteiger partial charge in [-0.1, -0.05) is 27.7 Å². The van der Waals surface area contributed by atoms with Crippen LogP contribution in [0.3, 0.4) is 0 Å². The highest BCUT2D eigenvalue weighted by Crippen LogP contribution is 2.68. The zero-order chi connectivity index (χ0) is 20.1. The maximum atomic E-state index is 12.3. The Hall–Kier alpha value is -1.07. The van der Waals surface area contributed by atoms with Gasteiger partial charge in [-0.3, -0.25) is 4.79 Å². The first kappa shape index (κ1) is 18.9. The molecule has 2 saturated carbocycles. The molecule has 156 valence electrons. The summed E-state index contributed by atoms with van der Waals surface area (Å²) in [4.78, 5) is 12.3. The molecule has 5 heteroatoms. The van der Waals surface area contributed by atoms with Crippen LogP contribution in [0.4, 0.5) is 0 Å². The molecule has 2 heterocycles. The fourth-order valence-corrected chi connectivity index (χ4v) is 7.89. The zero-order valence-corrected chi connectivity index (χ0v) is 17.6. The Morgan fingerprint density at radius 2 is 1.86 bits per heavy atom. The molecule has 0 radical (unpaired) electrons. The van der Waals surface area contributed by atoms with Crippen molar-refractivity contribution in [1.82, 2.24) is 5.32 Å². The van der Waals surface area contributed by atoms with Crippen LogP contribution in [-0.2, 0) is 9.53 Å². The van der Waals surface area contributed by atoms with E-state index < -0.39 is 11.7 Å². The van der Waals surface area contributed by atoms with Gasteiger partial charge >= 0.3 is 0 Å². The van der Waals surface area contributed by atoms with Crippen LogP contribution in [0.1, 0.15) is 66.2 Å². The monoisotopic (exact) mass is 389 g/mol. The fourth-order valence-electron chi connectivity index (χ4n) is 7.89. The molecule has 5 aliphatic rings. The van der Waals surface area contributed by atoms with Gasteiger partial charge < -0.3 is 20.3 Å². The molecule has 3 aliphatic carbocycles. The van der Waals surface area contributed by atoms with E-state index in [9.17, 15) is 15.0 Å². The molecule has 0 aromatic heterocycles. The number of fused-ring (bicyclic) bond motifs is 2. The predicted molar refractivity (Wildman–Crippen MR) is 105 cm³/mol. The van der Waals surface area contributed by atoms with E-state index in [0.29, 0.717) is 31.2 Å². The maximum Gasteiger partial charge on any atom is 0.227 e. The molecular weight excluding hydrogens is 354 g/mol. The van der Waals surface area contributed by atoms with Crippen molar-refractivity contribution in [3.05, 3.63) is 11.3 Å². The molecular formula is C23H35NO4. The highest BCUT2D eigenvalue weighted by atomic mass is 16.5. The van der Waals surface area contributed by atoms with Crippen LogP contribution in [-0.4, -0.2) is 40.5 Å². The van der Waals surface area contributed by atoms with Crippen molar-refractivity contribution in [2.24, 2.45) is 34.5 Å². The molecule has 1 amide bonds. The van der Waals surface area contributed by atoms with Crippen molar-refractivity contribution >= 4 is 5.91 Å². The summed E-state index contributed by atoms with van der Waals surface area (Å²) in [6.07, 6.45) is 4.25. The first-order valence-corrected chi connectivity index (χ1v) is 11.1. The summed E-state index contributed by atoms with van der Waals surface area (Å²) in [5.74, 6) is 1.47. The average Bonchev–Trinajstić information content (AvgIpc) is 2.95. The largest absolute Gasteiger partial charge is 0.490 e. The fraction of sp³-hybridized carbons (Fsp3) is 0.870. The minimum Gasteiger partial charge on any atom is -0.490 e. The van der Waals surface area contributed by atoms with Gasteiger partial charge in [0.25, 0.3) is 0 Å². The molecule has 5 nitrogen and oxygen atoms in total.